The van der Waals surface area contributed by atoms with Gasteiger partial charge in [-0.3, -0.25) is 5.32 Å². The first kappa shape index (κ1) is 20.5. The summed E-state index contributed by atoms with van der Waals surface area (Å²) in [6, 6.07) is 0. The van der Waals surface area contributed by atoms with Gasteiger partial charge in [-0.1, -0.05) is 43.9 Å². The normalized spacial score (nSPS) is 27.6. The number of alkyl halides is 1. The molecule has 1 saturated carbocycles. The lowest BCUT2D eigenvalue weighted by molar-refractivity contribution is 0.178. The van der Waals surface area contributed by atoms with Crippen molar-refractivity contribution in [1.29, 1.82) is 0 Å². The number of hydrogen-bond acceptors (Lipinski definition) is 4. The third-order valence-corrected chi connectivity index (χ3v) is 4.30. The molecule has 0 radical (unpaired) electrons. The Hall–Kier alpha value is -1.59. The Kier molecular flexibility index (Phi) is 7.70. The largest absolute Gasteiger partial charge is 0.300 e. The van der Waals surface area contributed by atoms with Crippen LogP contribution in [0.5, 0.6) is 0 Å². The average Bonchev–Trinajstić information content (AvgIpc) is 2.85. The van der Waals surface area contributed by atoms with Crippen LogP contribution in [-0.2, 0) is 0 Å². The van der Waals surface area contributed by atoms with Crippen molar-refractivity contribution in [2.45, 2.75) is 57.8 Å². The summed E-state index contributed by atoms with van der Waals surface area (Å²) in [5, 5.41) is 9.32. The predicted molar refractivity (Wildman–Crippen MR) is 99.4 cm³/mol. The molecule has 134 valence electrons. The van der Waals surface area contributed by atoms with Crippen molar-refractivity contribution in [1.82, 2.24) is 10.6 Å². The number of nitrogens with zero attached hydrogens (tertiary/aromatic N) is 1. The van der Waals surface area contributed by atoms with Crippen molar-refractivity contribution in [3.8, 4) is 0 Å². The highest BCUT2D eigenvalue weighted by Crippen LogP contribution is 2.40. The van der Waals surface area contributed by atoms with Crippen LogP contribution in [0.1, 0.15) is 46.5 Å². The third kappa shape index (κ3) is 6.49. The van der Waals surface area contributed by atoms with E-state index in [1.807, 2.05) is 19.1 Å². The van der Waals surface area contributed by atoms with Gasteiger partial charge in [-0.15, -0.1) is 4.91 Å². The van der Waals surface area contributed by atoms with Gasteiger partial charge in [0.05, 0.1) is 0 Å². The Balaban J connectivity index is 2.37. The smallest absolute Gasteiger partial charge is 0.157 e. The van der Waals surface area contributed by atoms with Crippen LogP contribution in [0, 0.1) is 4.91 Å². The first-order valence-corrected chi connectivity index (χ1v) is 8.45. The van der Waals surface area contributed by atoms with Crippen LogP contribution in [0.3, 0.4) is 0 Å². The summed E-state index contributed by atoms with van der Waals surface area (Å²) >= 11 is 0. The molecule has 2 atom stereocenters. The molecule has 0 amide bonds. The maximum absolute atomic E-state index is 13.9. The summed E-state index contributed by atoms with van der Waals surface area (Å²) in [7, 11) is 0. The molecule has 2 unspecified atom stereocenters. The van der Waals surface area contributed by atoms with E-state index in [1.54, 1.807) is 0 Å². The van der Waals surface area contributed by atoms with Crippen molar-refractivity contribution < 1.29 is 4.39 Å². The van der Waals surface area contributed by atoms with E-state index in [2.05, 4.69) is 42.0 Å². The van der Waals surface area contributed by atoms with Gasteiger partial charge in [-0.2, -0.15) is 0 Å². The maximum atomic E-state index is 13.9. The molecule has 0 heterocycles. The number of halogens is 1. The maximum Gasteiger partial charge on any atom is 0.157 e. The molecule has 2 N–H and O–H groups in total. The highest BCUT2D eigenvalue weighted by Gasteiger charge is 2.47. The summed E-state index contributed by atoms with van der Waals surface area (Å²) < 4.78 is 13.9. The van der Waals surface area contributed by atoms with E-state index >= 15 is 0 Å². The van der Waals surface area contributed by atoms with Crippen molar-refractivity contribution in [3.05, 3.63) is 53.0 Å². The Bertz CT molecular complexity index is 537. The third-order valence-electron chi connectivity index (χ3n) is 4.30. The fourth-order valence-corrected chi connectivity index (χ4v) is 2.81. The van der Waals surface area contributed by atoms with Gasteiger partial charge in [0.2, 0.25) is 0 Å². The molecule has 1 fully saturated rings. The molecule has 1 aliphatic rings. The summed E-state index contributed by atoms with van der Waals surface area (Å²) in [6.45, 7) is 14.6. The van der Waals surface area contributed by atoms with E-state index in [0.29, 0.717) is 26.1 Å². The minimum Gasteiger partial charge on any atom is -0.300 e. The Morgan fingerprint density at radius 2 is 2.04 bits per heavy atom. The molecule has 0 aromatic heterocycles. The molecule has 4 nitrogen and oxygen atoms in total. The van der Waals surface area contributed by atoms with Crippen LogP contribution in [0.15, 0.2) is 53.3 Å². The van der Waals surface area contributed by atoms with Crippen molar-refractivity contribution >= 4 is 0 Å². The molecule has 5 heteroatoms. The lowest BCUT2D eigenvalue weighted by Gasteiger charge is -2.23. The van der Waals surface area contributed by atoms with Crippen molar-refractivity contribution in [2.24, 2.45) is 5.18 Å². The number of nitrogens with one attached hydrogen (secondary N) is 2. The monoisotopic (exact) mass is 335 g/mol. The van der Waals surface area contributed by atoms with E-state index in [-0.39, 0.29) is 6.42 Å². The Morgan fingerprint density at radius 3 is 2.58 bits per heavy atom. The van der Waals surface area contributed by atoms with E-state index < -0.39 is 11.3 Å². The quantitative estimate of drug-likeness (QED) is 0.267. The zero-order valence-electron chi connectivity index (χ0n) is 15.1. The standard InChI is InChI=1S/C19H30FN3O/c1-6-7-15(2)8-9-16(3)17(4)12-21-14-22-19(23-24)11-10-18(5,20)13-19/h7-9,21-22H,3-4,6,10-14H2,1-2,5H3/b9-8-,15-7-. The topological polar surface area (TPSA) is 53.5 Å². The minimum atomic E-state index is -1.33. The van der Waals surface area contributed by atoms with E-state index in [1.165, 1.54) is 12.5 Å². The number of allylic oxidation sites excluding steroid dienone is 4. The molecule has 1 rings (SSSR count). The number of hydrogen-bond donors (Lipinski definition) is 2. The predicted octanol–water partition coefficient (Wildman–Crippen LogP) is 4.52. The van der Waals surface area contributed by atoms with Crippen LogP contribution in [0.25, 0.3) is 0 Å². The second-order valence-corrected chi connectivity index (χ2v) is 6.81. The van der Waals surface area contributed by atoms with E-state index in [9.17, 15) is 9.30 Å². The zero-order chi connectivity index (χ0) is 18.2. The first-order chi connectivity index (χ1) is 11.2. The van der Waals surface area contributed by atoms with Gasteiger partial charge < -0.3 is 5.32 Å². The molecule has 0 aromatic carbocycles. The van der Waals surface area contributed by atoms with Gasteiger partial charge in [-0.05, 0) is 49.4 Å². The molecule has 1 aliphatic carbocycles. The zero-order valence-corrected chi connectivity index (χ0v) is 15.1. The van der Waals surface area contributed by atoms with Crippen LogP contribution in [0.4, 0.5) is 4.39 Å². The van der Waals surface area contributed by atoms with Gasteiger partial charge in [0.25, 0.3) is 0 Å². The van der Waals surface area contributed by atoms with Crippen LogP contribution < -0.4 is 10.6 Å². The number of nitroso groups, excluding NO2 is 1. The van der Waals surface area contributed by atoms with E-state index in [0.717, 1.165) is 17.6 Å². The molecule has 0 bridgehead atoms. The highest BCUT2D eigenvalue weighted by atomic mass is 19.1. The Morgan fingerprint density at radius 1 is 1.33 bits per heavy atom. The van der Waals surface area contributed by atoms with E-state index in [4.69, 9.17) is 0 Å². The Labute approximate surface area is 145 Å². The summed E-state index contributed by atoms with van der Waals surface area (Å²) in [4.78, 5) is 11.1. The van der Waals surface area contributed by atoms with Crippen LogP contribution >= 0.6 is 0 Å². The minimum absolute atomic E-state index is 0.116. The SMILES string of the molecule is C=C(/C=C\C(C)=C/CC)C(=C)CNCNC1(N=O)CCC(C)(F)C1. The summed E-state index contributed by atoms with van der Waals surface area (Å²) in [5.74, 6) is 0. The van der Waals surface area contributed by atoms with Gasteiger partial charge in [0, 0.05) is 19.6 Å². The average molecular weight is 335 g/mol. The molecule has 0 saturated heterocycles. The molecular weight excluding hydrogens is 305 g/mol. The lowest BCUT2D eigenvalue weighted by atomic mass is 10.1. The summed E-state index contributed by atoms with van der Waals surface area (Å²) in [5.41, 5.74) is 0.583. The summed E-state index contributed by atoms with van der Waals surface area (Å²) in [6.07, 6.45) is 7.99. The van der Waals surface area contributed by atoms with Gasteiger partial charge in [-0.25, -0.2) is 4.39 Å². The number of rotatable bonds is 10. The molecule has 0 spiro atoms. The van der Waals surface area contributed by atoms with Gasteiger partial charge >= 0.3 is 0 Å². The second-order valence-electron chi connectivity index (χ2n) is 6.81. The molecule has 0 aromatic rings. The molecule has 0 aliphatic heterocycles. The van der Waals surface area contributed by atoms with Crippen LogP contribution in [-0.4, -0.2) is 24.5 Å². The van der Waals surface area contributed by atoms with Crippen molar-refractivity contribution in [2.75, 3.05) is 13.2 Å². The van der Waals surface area contributed by atoms with Crippen LogP contribution in [0.2, 0.25) is 0 Å². The fraction of sp³-hybridized carbons (Fsp3) is 0.579. The van der Waals surface area contributed by atoms with Gasteiger partial charge in [0.1, 0.15) is 5.67 Å². The lowest BCUT2D eigenvalue weighted by Crippen LogP contribution is -2.46. The molecule has 24 heavy (non-hydrogen) atoms. The fourth-order valence-electron chi connectivity index (χ4n) is 2.81. The van der Waals surface area contributed by atoms with Crippen molar-refractivity contribution in [3.63, 3.8) is 0 Å². The van der Waals surface area contributed by atoms with Gasteiger partial charge in [0.15, 0.2) is 5.66 Å². The molecular formula is C19H30FN3O. The highest BCUT2D eigenvalue weighted by molar-refractivity contribution is 5.38. The first-order valence-electron chi connectivity index (χ1n) is 8.45. The second kappa shape index (κ2) is 9.04.